The molecule has 1 aliphatic heterocycles. The second-order valence-corrected chi connectivity index (χ2v) is 5.21. The zero-order valence-corrected chi connectivity index (χ0v) is 12.1. The van der Waals surface area contributed by atoms with E-state index in [0.29, 0.717) is 11.3 Å². The molecule has 0 bridgehead atoms. The number of carbonyl (C=O) groups is 1. The zero-order chi connectivity index (χ0) is 14.4. The monoisotopic (exact) mass is 276 g/mol. The lowest BCUT2D eigenvalue weighted by atomic mass is 10.1. The molecule has 4 N–H and O–H groups in total. The fraction of sp³-hybridized carbons (Fsp3) is 0.533. The van der Waals surface area contributed by atoms with Crippen molar-refractivity contribution in [1.82, 2.24) is 10.2 Å². The molecule has 2 rings (SSSR count). The van der Waals surface area contributed by atoms with Crippen LogP contribution >= 0.6 is 0 Å². The van der Waals surface area contributed by atoms with Crippen LogP contribution < -0.4 is 16.4 Å². The molecule has 0 saturated carbocycles. The Morgan fingerprint density at radius 3 is 2.75 bits per heavy atom. The third-order valence-electron chi connectivity index (χ3n) is 3.71. The van der Waals surface area contributed by atoms with Gasteiger partial charge in [-0.25, -0.2) is 0 Å². The maximum absolute atomic E-state index is 11.8. The third-order valence-corrected chi connectivity index (χ3v) is 3.71. The summed E-state index contributed by atoms with van der Waals surface area (Å²) in [6.45, 7) is 4.19. The molecule has 1 aliphatic rings. The van der Waals surface area contributed by atoms with Crippen molar-refractivity contribution >= 4 is 17.3 Å². The number of amides is 1. The summed E-state index contributed by atoms with van der Waals surface area (Å²) in [5.74, 6) is -0.0922. The highest BCUT2D eigenvalue weighted by Crippen LogP contribution is 2.19. The maximum Gasteiger partial charge on any atom is 0.253 e. The van der Waals surface area contributed by atoms with Gasteiger partial charge >= 0.3 is 0 Å². The average molecular weight is 276 g/mol. The normalized spacial score (nSPS) is 15.8. The van der Waals surface area contributed by atoms with E-state index in [1.54, 1.807) is 19.2 Å². The van der Waals surface area contributed by atoms with Gasteiger partial charge in [-0.1, -0.05) is 6.42 Å². The standard InChI is InChI=1S/C15H24N4O/c1-17-15(20)13-6-5-12(16)11-14(13)18-7-10-19-8-3-2-4-9-19/h5-6,11,18H,2-4,7-10,16H2,1H3,(H,17,20). The Hall–Kier alpha value is -1.75. The fourth-order valence-electron chi connectivity index (χ4n) is 2.57. The Bertz CT molecular complexity index is 455. The molecule has 5 heteroatoms. The molecular formula is C15H24N4O. The summed E-state index contributed by atoms with van der Waals surface area (Å²) in [5, 5.41) is 5.98. The Labute approximate surface area is 120 Å². The number of benzene rings is 1. The number of nitrogens with two attached hydrogens (primary N) is 1. The fourth-order valence-corrected chi connectivity index (χ4v) is 2.57. The third kappa shape index (κ3) is 3.87. The van der Waals surface area contributed by atoms with E-state index in [1.807, 2.05) is 6.07 Å². The molecule has 1 aromatic rings. The lowest BCUT2D eigenvalue weighted by Crippen LogP contribution is -2.34. The van der Waals surface area contributed by atoms with Gasteiger partial charge in [-0.05, 0) is 44.1 Å². The van der Waals surface area contributed by atoms with Crippen LogP contribution in [-0.4, -0.2) is 44.0 Å². The second-order valence-electron chi connectivity index (χ2n) is 5.21. The van der Waals surface area contributed by atoms with Gasteiger partial charge in [-0.15, -0.1) is 0 Å². The first-order valence-electron chi connectivity index (χ1n) is 7.28. The molecule has 20 heavy (non-hydrogen) atoms. The number of anilines is 2. The van der Waals surface area contributed by atoms with Gasteiger partial charge in [-0.3, -0.25) is 4.79 Å². The number of nitrogens with one attached hydrogen (secondary N) is 2. The molecule has 110 valence electrons. The lowest BCUT2D eigenvalue weighted by molar-refractivity contribution is 0.0964. The molecule has 0 spiro atoms. The highest BCUT2D eigenvalue weighted by atomic mass is 16.1. The van der Waals surface area contributed by atoms with Crippen LogP contribution in [0.2, 0.25) is 0 Å². The van der Waals surface area contributed by atoms with Gasteiger partial charge in [0.1, 0.15) is 0 Å². The number of carbonyl (C=O) groups excluding carboxylic acids is 1. The SMILES string of the molecule is CNC(=O)c1ccc(N)cc1NCCN1CCCCC1. The van der Waals surface area contributed by atoms with E-state index in [-0.39, 0.29) is 5.91 Å². The van der Waals surface area contributed by atoms with Crippen LogP contribution in [0, 0.1) is 0 Å². The quantitative estimate of drug-likeness (QED) is 0.713. The Morgan fingerprint density at radius 2 is 2.05 bits per heavy atom. The van der Waals surface area contributed by atoms with Crippen molar-refractivity contribution in [3.05, 3.63) is 23.8 Å². The van der Waals surface area contributed by atoms with Crippen molar-refractivity contribution in [1.29, 1.82) is 0 Å². The minimum Gasteiger partial charge on any atom is -0.399 e. The summed E-state index contributed by atoms with van der Waals surface area (Å²) in [5.41, 5.74) is 7.91. The van der Waals surface area contributed by atoms with Crippen molar-refractivity contribution in [2.75, 3.05) is 44.3 Å². The molecule has 0 aliphatic carbocycles. The predicted molar refractivity (Wildman–Crippen MR) is 83.0 cm³/mol. The molecule has 0 radical (unpaired) electrons. The van der Waals surface area contributed by atoms with Gasteiger partial charge in [0.05, 0.1) is 5.56 Å². The van der Waals surface area contributed by atoms with Crippen molar-refractivity contribution in [2.45, 2.75) is 19.3 Å². The van der Waals surface area contributed by atoms with Crippen LogP contribution in [0.3, 0.4) is 0 Å². The molecule has 1 aromatic carbocycles. The van der Waals surface area contributed by atoms with E-state index in [9.17, 15) is 4.79 Å². The van der Waals surface area contributed by atoms with Crippen molar-refractivity contribution < 1.29 is 4.79 Å². The molecule has 1 heterocycles. The van der Waals surface area contributed by atoms with Gasteiger partial charge in [-0.2, -0.15) is 0 Å². The summed E-state index contributed by atoms with van der Waals surface area (Å²) in [6.07, 6.45) is 3.93. The number of nitrogen functional groups attached to an aromatic ring is 1. The summed E-state index contributed by atoms with van der Waals surface area (Å²) in [6, 6.07) is 5.33. The first-order chi connectivity index (χ1) is 9.70. The molecule has 0 unspecified atom stereocenters. The molecule has 0 aromatic heterocycles. The minimum atomic E-state index is -0.0922. The largest absolute Gasteiger partial charge is 0.399 e. The van der Waals surface area contributed by atoms with Gasteiger partial charge in [0.2, 0.25) is 0 Å². The van der Waals surface area contributed by atoms with Crippen LogP contribution in [0.25, 0.3) is 0 Å². The number of hydrogen-bond donors (Lipinski definition) is 3. The number of rotatable bonds is 5. The highest BCUT2D eigenvalue weighted by molar-refractivity contribution is 6.00. The average Bonchev–Trinajstić information content (AvgIpc) is 2.48. The molecule has 1 saturated heterocycles. The Kier molecular flexibility index (Phi) is 5.24. The smallest absolute Gasteiger partial charge is 0.253 e. The van der Waals surface area contributed by atoms with Crippen LogP contribution in [0.4, 0.5) is 11.4 Å². The molecule has 5 nitrogen and oxygen atoms in total. The number of hydrogen-bond acceptors (Lipinski definition) is 4. The number of likely N-dealkylation sites (tertiary alicyclic amines) is 1. The second kappa shape index (κ2) is 7.14. The minimum absolute atomic E-state index is 0.0922. The molecule has 1 fully saturated rings. The Balaban J connectivity index is 1.93. The lowest BCUT2D eigenvalue weighted by Gasteiger charge is -2.26. The van der Waals surface area contributed by atoms with Gasteiger partial charge in [0.25, 0.3) is 5.91 Å². The zero-order valence-electron chi connectivity index (χ0n) is 12.1. The summed E-state index contributed by atoms with van der Waals surface area (Å²) < 4.78 is 0. The van der Waals surface area contributed by atoms with Gasteiger partial charge in [0.15, 0.2) is 0 Å². The maximum atomic E-state index is 11.8. The number of piperidine rings is 1. The van der Waals surface area contributed by atoms with Crippen molar-refractivity contribution in [3.63, 3.8) is 0 Å². The van der Waals surface area contributed by atoms with Crippen LogP contribution in [0.15, 0.2) is 18.2 Å². The van der Waals surface area contributed by atoms with Crippen LogP contribution in [0.1, 0.15) is 29.6 Å². The highest BCUT2D eigenvalue weighted by Gasteiger charge is 2.12. The van der Waals surface area contributed by atoms with E-state index < -0.39 is 0 Å². The summed E-state index contributed by atoms with van der Waals surface area (Å²) in [7, 11) is 1.64. The van der Waals surface area contributed by atoms with Gasteiger partial charge < -0.3 is 21.3 Å². The van der Waals surface area contributed by atoms with E-state index >= 15 is 0 Å². The predicted octanol–water partition coefficient (Wildman–Crippen LogP) is 1.53. The summed E-state index contributed by atoms with van der Waals surface area (Å²) in [4.78, 5) is 14.3. The van der Waals surface area contributed by atoms with E-state index in [4.69, 9.17) is 5.73 Å². The first kappa shape index (κ1) is 14.7. The number of nitrogens with zero attached hydrogens (tertiary/aromatic N) is 1. The van der Waals surface area contributed by atoms with Crippen LogP contribution in [-0.2, 0) is 0 Å². The molecule has 0 atom stereocenters. The van der Waals surface area contributed by atoms with E-state index in [0.717, 1.165) is 18.8 Å². The van der Waals surface area contributed by atoms with Crippen molar-refractivity contribution in [2.24, 2.45) is 0 Å². The first-order valence-corrected chi connectivity index (χ1v) is 7.28. The van der Waals surface area contributed by atoms with E-state index in [1.165, 1.54) is 32.4 Å². The van der Waals surface area contributed by atoms with Crippen molar-refractivity contribution in [3.8, 4) is 0 Å². The van der Waals surface area contributed by atoms with Gasteiger partial charge in [0, 0.05) is 31.5 Å². The summed E-state index contributed by atoms with van der Waals surface area (Å²) >= 11 is 0. The Morgan fingerprint density at radius 1 is 1.30 bits per heavy atom. The molecule has 1 amide bonds. The van der Waals surface area contributed by atoms with E-state index in [2.05, 4.69) is 15.5 Å². The molecular weight excluding hydrogens is 252 g/mol. The topological polar surface area (TPSA) is 70.4 Å². The van der Waals surface area contributed by atoms with Crippen LogP contribution in [0.5, 0.6) is 0 Å².